The zero-order valence-corrected chi connectivity index (χ0v) is 11.6. The highest BCUT2D eigenvalue weighted by Crippen LogP contribution is 2.18. The van der Waals surface area contributed by atoms with E-state index in [0.717, 1.165) is 0 Å². The van der Waals surface area contributed by atoms with Crippen molar-refractivity contribution in [3.05, 3.63) is 24.3 Å². The maximum absolute atomic E-state index is 11.7. The first-order chi connectivity index (χ1) is 7.91. The minimum Gasteiger partial charge on any atom is -0.348 e. The molecule has 0 radical (unpaired) electrons. The molecule has 0 fully saturated rings. The van der Waals surface area contributed by atoms with Gasteiger partial charge in [-0.05, 0) is 18.4 Å². The molecule has 4 nitrogen and oxygen atoms in total. The maximum Gasteiger partial charge on any atom is 0.270 e. The molecule has 1 heterocycles. The van der Waals surface area contributed by atoms with E-state index in [4.69, 9.17) is 0 Å². The average molecular weight is 237 g/mol. The van der Waals surface area contributed by atoms with Gasteiger partial charge in [0.15, 0.2) is 0 Å². The minimum atomic E-state index is -0.153. The second-order valence-electron chi connectivity index (χ2n) is 4.66. The Balaban J connectivity index is 0.00000121. The van der Waals surface area contributed by atoms with E-state index in [9.17, 15) is 4.79 Å². The Hall–Kier alpha value is -1.45. The number of carbonyl (C=O) groups is 1. The number of nitrogens with zero attached hydrogens (tertiary/aromatic N) is 2. The van der Waals surface area contributed by atoms with Crippen molar-refractivity contribution in [2.75, 3.05) is 0 Å². The number of aromatic nitrogens is 2. The van der Waals surface area contributed by atoms with Gasteiger partial charge in [-0.2, -0.15) is 0 Å². The Morgan fingerprint density at radius 1 is 1.35 bits per heavy atom. The van der Waals surface area contributed by atoms with Crippen molar-refractivity contribution >= 4 is 5.91 Å². The molecule has 96 valence electrons. The topological polar surface area (TPSA) is 54.9 Å². The molecule has 1 unspecified atom stereocenters. The lowest BCUT2D eigenvalue weighted by Gasteiger charge is -2.27. The van der Waals surface area contributed by atoms with Crippen LogP contribution < -0.4 is 5.32 Å². The van der Waals surface area contributed by atoms with Gasteiger partial charge < -0.3 is 5.32 Å². The van der Waals surface area contributed by atoms with Gasteiger partial charge >= 0.3 is 0 Å². The Labute approximate surface area is 104 Å². The molecular formula is C13H23N3O. The van der Waals surface area contributed by atoms with Crippen LogP contribution in [0.2, 0.25) is 0 Å². The van der Waals surface area contributed by atoms with Gasteiger partial charge in [0.1, 0.15) is 12.0 Å². The zero-order chi connectivity index (χ0) is 13.5. The van der Waals surface area contributed by atoms with E-state index in [-0.39, 0.29) is 17.4 Å². The van der Waals surface area contributed by atoms with Crippen molar-refractivity contribution < 1.29 is 4.79 Å². The summed E-state index contributed by atoms with van der Waals surface area (Å²) in [7, 11) is 0. The SMILES string of the molecule is CC.CC(NC(=O)c1ccncn1)C(C)(C)C. The van der Waals surface area contributed by atoms with Gasteiger partial charge in [0.2, 0.25) is 0 Å². The fourth-order valence-corrected chi connectivity index (χ4v) is 0.912. The second-order valence-corrected chi connectivity index (χ2v) is 4.66. The third kappa shape index (κ3) is 5.43. The summed E-state index contributed by atoms with van der Waals surface area (Å²) in [4.78, 5) is 19.4. The summed E-state index contributed by atoms with van der Waals surface area (Å²) in [6, 6.07) is 1.70. The fraction of sp³-hybridized carbons (Fsp3) is 0.615. The molecule has 1 atom stereocenters. The molecule has 1 N–H and O–H groups in total. The number of hydrogen-bond donors (Lipinski definition) is 1. The lowest BCUT2D eigenvalue weighted by molar-refractivity contribution is 0.0905. The van der Waals surface area contributed by atoms with Gasteiger partial charge in [-0.25, -0.2) is 9.97 Å². The molecule has 0 spiro atoms. The molecular weight excluding hydrogens is 214 g/mol. The molecule has 1 aromatic rings. The smallest absolute Gasteiger partial charge is 0.270 e. The summed E-state index contributed by atoms with van der Waals surface area (Å²) < 4.78 is 0. The van der Waals surface area contributed by atoms with Crippen LogP contribution in [-0.4, -0.2) is 21.9 Å². The Kier molecular flexibility index (Phi) is 6.39. The van der Waals surface area contributed by atoms with Gasteiger partial charge in [0.05, 0.1) is 0 Å². The summed E-state index contributed by atoms with van der Waals surface area (Å²) in [5, 5.41) is 2.91. The van der Waals surface area contributed by atoms with E-state index in [2.05, 4.69) is 36.1 Å². The van der Waals surface area contributed by atoms with Crippen LogP contribution in [0.4, 0.5) is 0 Å². The van der Waals surface area contributed by atoms with Crippen LogP contribution >= 0.6 is 0 Å². The highest BCUT2D eigenvalue weighted by Gasteiger charge is 2.22. The molecule has 0 aliphatic rings. The summed E-state index contributed by atoms with van der Waals surface area (Å²) >= 11 is 0. The van der Waals surface area contributed by atoms with Gasteiger partial charge in [0.25, 0.3) is 5.91 Å². The fourth-order valence-electron chi connectivity index (χ4n) is 0.912. The number of hydrogen-bond acceptors (Lipinski definition) is 3. The quantitative estimate of drug-likeness (QED) is 0.860. The molecule has 1 aromatic heterocycles. The summed E-state index contributed by atoms with van der Waals surface area (Å²) in [6.45, 7) is 12.2. The van der Waals surface area contributed by atoms with Gasteiger partial charge in [-0.15, -0.1) is 0 Å². The van der Waals surface area contributed by atoms with Crippen LogP contribution in [0, 0.1) is 5.41 Å². The highest BCUT2D eigenvalue weighted by molar-refractivity contribution is 5.92. The highest BCUT2D eigenvalue weighted by atomic mass is 16.1. The van der Waals surface area contributed by atoms with Crippen molar-refractivity contribution in [1.29, 1.82) is 0 Å². The van der Waals surface area contributed by atoms with Crippen LogP contribution in [-0.2, 0) is 0 Å². The molecule has 0 saturated heterocycles. The monoisotopic (exact) mass is 237 g/mol. The molecule has 0 aliphatic carbocycles. The lowest BCUT2D eigenvalue weighted by atomic mass is 9.88. The normalized spacial score (nSPS) is 12.1. The van der Waals surface area contributed by atoms with Crippen molar-refractivity contribution in [3.8, 4) is 0 Å². The average Bonchev–Trinajstić information content (AvgIpc) is 2.31. The second kappa shape index (κ2) is 6.99. The van der Waals surface area contributed by atoms with Crippen molar-refractivity contribution in [2.45, 2.75) is 47.6 Å². The van der Waals surface area contributed by atoms with Gasteiger partial charge in [0, 0.05) is 12.2 Å². The maximum atomic E-state index is 11.7. The van der Waals surface area contributed by atoms with Crippen molar-refractivity contribution in [1.82, 2.24) is 15.3 Å². The van der Waals surface area contributed by atoms with E-state index >= 15 is 0 Å². The molecule has 0 aliphatic heterocycles. The number of rotatable bonds is 2. The van der Waals surface area contributed by atoms with Crippen molar-refractivity contribution in [2.24, 2.45) is 5.41 Å². The van der Waals surface area contributed by atoms with Crippen LogP contribution in [0.5, 0.6) is 0 Å². The largest absolute Gasteiger partial charge is 0.348 e. The van der Waals surface area contributed by atoms with Crippen LogP contribution in [0.25, 0.3) is 0 Å². The minimum absolute atomic E-state index is 0.0443. The van der Waals surface area contributed by atoms with Crippen LogP contribution in [0.15, 0.2) is 18.6 Å². The molecule has 0 aromatic carbocycles. The molecule has 0 bridgehead atoms. The number of nitrogens with one attached hydrogen (secondary N) is 1. The van der Waals surface area contributed by atoms with E-state index < -0.39 is 0 Å². The predicted octanol–water partition coefficient (Wildman–Crippen LogP) is 2.67. The van der Waals surface area contributed by atoms with Gasteiger partial charge in [-0.3, -0.25) is 4.79 Å². The first kappa shape index (κ1) is 15.6. The van der Waals surface area contributed by atoms with E-state index in [1.165, 1.54) is 6.33 Å². The van der Waals surface area contributed by atoms with E-state index in [0.29, 0.717) is 5.69 Å². The Bertz CT molecular complexity index is 330. The summed E-state index contributed by atoms with van der Waals surface area (Å²) in [5.74, 6) is -0.153. The van der Waals surface area contributed by atoms with E-state index in [1.807, 2.05) is 20.8 Å². The first-order valence-corrected chi connectivity index (χ1v) is 5.98. The van der Waals surface area contributed by atoms with Crippen LogP contribution in [0.3, 0.4) is 0 Å². The third-order valence-electron chi connectivity index (χ3n) is 2.46. The lowest BCUT2D eigenvalue weighted by Crippen LogP contribution is -2.41. The van der Waals surface area contributed by atoms with E-state index in [1.54, 1.807) is 12.3 Å². The van der Waals surface area contributed by atoms with Gasteiger partial charge in [-0.1, -0.05) is 34.6 Å². The Morgan fingerprint density at radius 2 is 1.94 bits per heavy atom. The molecule has 0 saturated carbocycles. The molecule has 17 heavy (non-hydrogen) atoms. The predicted molar refractivity (Wildman–Crippen MR) is 69.8 cm³/mol. The van der Waals surface area contributed by atoms with Crippen molar-refractivity contribution in [3.63, 3.8) is 0 Å². The molecule has 4 heteroatoms. The number of carbonyl (C=O) groups excluding carboxylic acids is 1. The molecule has 1 amide bonds. The zero-order valence-electron chi connectivity index (χ0n) is 11.6. The first-order valence-electron chi connectivity index (χ1n) is 5.98. The summed E-state index contributed by atoms with van der Waals surface area (Å²) in [6.07, 6.45) is 2.93. The summed E-state index contributed by atoms with van der Waals surface area (Å²) in [5.41, 5.74) is 0.448. The third-order valence-corrected chi connectivity index (χ3v) is 2.46. The number of amides is 1. The standard InChI is InChI=1S/C11H17N3O.C2H6/c1-8(11(2,3)4)14-10(15)9-5-6-12-7-13-9;1-2/h5-8H,1-4H3,(H,14,15);1-2H3. The molecule has 1 rings (SSSR count). The van der Waals surface area contributed by atoms with Crippen LogP contribution in [0.1, 0.15) is 52.0 Å². The Morgan fingerprint density at radius 3 is 2.35 bits per heavy atom.